The van der Waals surface area contributed by atoms with Gasteiger partial charge in [-0.25, -0.2) is 0 Å². The fourth-order valence-corrected chi connectivity index (χ4v) is 3.70. The van der Waals surface area contributed by atoms with Crippen molar-refractivity contribution in [3.05, 3.63) is 69.8 Å². The van der Waals surface area contributed by atoms with E-state index in [0.29, 0.717) is 0 Å². The van der Waals surface area contributed by atoms with E-state index < -0.39 is 0 Å². The molecule has 0 radical (unpaired) electrons. The molecular weight excluding hydrogens is 242 g/mol. The largest absolute Gasteiger partial charge is 0.321 e. The van der Waals surface area contributed by atoms with Gasteiger partial charge in [0.2, 0.25) is 0 Å². The van der Waals surface area contributed by atoms with Gasteiger partial charge in [0.05, 0.1) is 0 Å². The van der Waals surface area contributed by atoms with Crippen molar-refractivity contribution in [3.8, 4) is 0 Å². The number of fused-ring (bicyclic) bond motifs is 1. The molecule has 0 heterocycles. The van der Waals surface area contributed by atoms with Crippen molar-refractivity contribution in [2.24, 2.45) is 5.73 Å². The van der Waals surface area contributed by atoms with Crippen LogP contribution < -0.4 is 5.73 Å². The summed E-state index contributed by atoms with van der Waals surface area (Å²) in [6, 6.07) is 13.2. The third-order valence-corrected chi connectivity index (χ3v) is 4.73. The highest BCUT2D eigenvalue weighted by molar-refractivity contribution is 5.44. The normalized spacial score (nSPS) is 21.0. The van der Waals surface area contributed by atoms with Gasteiger partial charge in [0, 0.05) is 5.54 Å². The topological polar surface area (TPSA) is 26.0 Å². The molecule has 1 nitrogen and oxygen atoms in total. The van der Waals surface area contributed by atoms with Crippen molar-refractivity contribution in [2.75, 3.05) is 0 Å². The summed E-state index contributed by atoms with van der Waals surface area (Å²) in [7, 11) is 0. The van der Waals surface area contributed by atoms with E-state index in [9.17, 15) is 0 Å². The average Bonchev–Trinajstić information content (AvgIpc) is 2.73. The van der Waals surface area contributed by atoms with Crippen LogP contribution in [0.1, 0.15) is 39.8 Å². The Balaban J connectivity index is 2.00. The number of aryl methyl sites for hydroxylation is 4. The summed E-state index contributed by atoms with van der Waals surface area (Å²) in [5.74, 6) is 0. The predicted molar refractivity (Wildman–Crippen MR) is 85.0 cm³/mol. The van der Waals surface area contributed by atoms with Crippen molar-refractivity contribution in [2.45, 2.75) is 45.6 Å². The molecule has 0 fully saturated rings. The van der Waals surface area contributed by atoms with Crippen LogP contribution in [-0.4, -0.2) is 0 Å². The Labute approximate surface area is 121 Å². The molecule has 0 saturated heterocycles. The first-order chi connectivity index (χ1) is 9.49. The second-order valence-corrected chi connectivity index (χ2v) is 6.37. The summed E-state index contributed by atoms with van der Waals surface area (Å²) in [5, 5.41) is 0. The van der Waals surface area contributed by atoms with E-state index in [4.69, 9.17) is 5.73 Å². The van der Waals surface area contributed by atoms with Crippen LogP contribution in [-0.2, 0) is 18.4 Å². The third kappa shape index (κ3) is 2.16. The van der Waals surface area contributed by atoms with Gasteiger partial charge in [-0.2, -0.15) is 0 Å². The van der Waals surface area contributed by atoms with Crippen LogP contribution in [0.3, 0.4) is 0 Å². The maximum absolute atomic E-state index is 6.78. The number of rotatable bonds is 2. The van der Waals surface area contributed by atoms with Crippen molar-refractivity contribution in [1.82, 2.24) is 0 Å². The Morgan fingerprint density at radius 3 is 2.40 bits per heavy atom. The van der Waals surface area contributed by atoms with Crippen molar-refractivity contribution >= 4 is 0 Å². The Morgan fingerprint density at radius 1 is 1.05 bits per heavy atom. The van der Waals surface area contributed by atoms with Crippen LogP contribution in [0.4, 0.5) is 0 Å². The zero-order valence-corrected chi connectivity index (χ0v) is 12.7. The Bertz CT molecular complexity index is 634. The van der Waals surface area contributed by atoms with Crippen LogP contribution in [0.15, 0.2) is 36.4 Å². The van der Waals surface area contributed by atoms with Crippen LogP contribution in [0.2, 0.25) is 0 Å². The van der Waals surface area contributed by atoms with Gasteiger partial charge >= 0.3 is 0 Å². The average molecular weight is 265 g/mol. The van der Waals surface area contributed by atoms with Crippen molar-refractivity contribution in [3.63, 3.8) is 0 Å². The van der Waals surface area contributed by atoms with Crippen LogP contribution in [0.25, 0.3) is 0 Å². The first-order valence-corrected chi connectivity index (χ1v) is 7.43. The van der Waals surface area contributed by atoms with E-state index in [1.54, 1.807) is 0 Å². The molecule has 1 aliphatic rings. The molecule has 104 valence electrons. The van der Waals surface area contributed by atoms with E-state index in [0.717, 1.165) is 19.3 Å². The molecule has 0 bridgehead atoms. The second kappa shape index (κ2) is 4.75. The molecular formula is C19H23N. The van der Waals surface area contributed by atoms with E-state index in [2.05, 4.69) is 57.2 Å². The highest BCUT2D eigenvalue weighted by Crippen LogP contribution is 2.38. The molecule has 1 atom stereocenters. The Hall–Kier alpha value is -1.60. The second-order valence-electron chi connectivity index (χ2n) is 6.37. The molecule has 0 aromatic heterocycles. The minimum Gasteiger partial charge on any atom is -0.321 e. The summed E-state index contributed by atoms with van der Waals surface area (Å²) >= 11 is 0. The lowest BCUT2D eigenvalue weighted by Gasteiger charge is -2.27. The lowest BCUT2D eigenvalue weighted by Crippen LogP contribution is -2.37. The summed E-state index contributed by atoms with van der Waals surface area (Å²) in [6.07, 6.45) is 3.11. The number of nitrogens with two attached hydrogens (primary N) is 1. The smallest absolute Gasteiger partial charge is 0.0456 e. The van der Waals surface area contributed by atoms with Crippen LogP contribution >= 0.6 is 0 Å². The fourth-order valence-electron chi connectivity index (χ4n) is 3.70. The van der Waals surface area contributed by atoms with Gasteiger partial charge in [-0.15, -0.1) is 0 Å². The zero-order valence-electron chi connectivity index (χ0n) is 12.7. The van der Waals surface area contributed by atoms with Crippen molar-refractivity contribution < 1.29 is 0 Å². The highest BCUT2D eigenvalue weighted by Gasteiger charge is 2.35. The first kappa shape index (κ1) is 13.4. The predicted octanol–water partition coefficient (Wildman–Crippen LogP) is 3.95. The quantitative estimate of drug-likeness (QED) is 0.874. The lowest BCUT2D eigenvalue weighted by molar-refractivity contribution is 0.437. The molecule has 1 unspecified atom stereocenters. The van der Waals surface area contributed by atoms with Gasteiger partial charge in [0.15, 0.2) is 0 Å². The third-order valence-electron chi connectivity index (χ3n) is 4.73. The summed E-state index contributed by atoms with van der Waals surface area (Å²) in [6.45, 7) is 6.58. The highest BCUT2D eigenvalue weighted by atomic mass is 14.8. The van der Waals surface area contributed by atoms with Gasteiger partial charge in [0.1, 0.15) is 0 Å². The molecule has 20 heavy (non-hydrogen) atoms. The van der Waals surface area contributed by atoms with E-state index in [1.165, 1.54) is 33.4 Å². The van der Waals surface area contributed by atoms with Crippen LogP contribution in [0, 0.1) is 20.8 Å². The molecule has 0 aliphatic heterocycles. The first-order valence-electron chi connectivity index (χ1n) is 7.43. The van der Waals surface area contributed by atoms with Gasteiger partial charge in [0.25, 0.3) is 0 Å². The summed E-state index contributed by atoms with van der Waals surface area (Å²) in [4.78, 5) is 0. The van der Waals surface area contributed by atoms with Crippen molar-refractivity contribution in [1.29, 1.82) is 0 Å². The minimum absolute atomic E-state index is 0.193. The maximum Gasteiger partial charge on any atom is 0.0456 e. The Morgan fingerprint density at radius 2 is 1.70 bits per heavy atom. The number of benzene rings is 2. The van der Waals surface area contributed by atoms with E-state index in [1.807, 2.05) is 0 Å². The zero-order chi connectivity index (χ0) is 14.3. The van der Waals surface area contributed by atoms with Crippen LogP contribution in [0.5, 0.6) is 0 Å². The molecule has 0 amide bonds. The summed E-state index contributed by atoms with van der Waals surface area (Å²) in [5.41, 5.74) is 14.9. The van der Waals surface area contributed by atoms with Gasteiger partial charge < -0.3 is 5.73 Å². The summed E-state index contributed by atoms with van der Waals surface area (Å²) < 4.78 is 0. The standard InChI is InChI=1S/C19H23N/c1-13-10-14(2)17(15(3)11-13)12-19(20)9-8-16-6-4-5-7-18(16)19/h4-7,10-11H,8-9,12,20H2,1-3H3. The monoisotopic (exact) mass is 265 g/mol. The Kier molecular flexibility index (Phi) is 3.18. The van der Waals surface area contributed by atoms with E-state index in [-0.39, 0.29) is 5.54 Å². The molecule has 2 aromatic rings. The van der Waals surface area contributed by atoms with E-state index >= 15 is 0 Å². The molecule has 2 aromatic carbocycles. The maximum atomic E-state index is 6.78. The minimum atomic E-state index is -0.193. The molecule has 3 rings (SSSR count). The number of hydrogen-bond acceptors (Lipinski definition) is 1. The fraction of sp³-hybridized carbons (Fsp3) is 0.368. The molecule has 1 aliphatic carbocycles. The lowest BCUT2D eigenvalue weighted by atomic mass is 9.83. The molecule has 1 heteroatoms. The number of hydrogen-bond donors (Lipinski definition) is 1. The molecule has 0 spiro atoms. The van der Waals surface area contributed by atoms with Gasteiger partial charge in [-0.3, -0.25) is 0 Å². The SMILES string of the molecule is Cc1cc(C)c(CC2(N)CCc3ccccc32)c(C)c1. The van der Waals surface area contributed by atoms with Gasteiger partial charge in [-0.05, 0) is 67.9 Å². The molecule has 0 saturated carbocycles. The molecule has 2 N–H and O–H groups in total. The van der Waals surface area contributed by atoms with Gasteiger partial charge in [-0.1, -0.05) is 42.0 Å².